The summed E-state index contributed by atoms with van der Waals surface area (Å²) in [6.45, 7) is 0. The number of aromatic nitrogens is 3. The van der Waals surface area contributed by atoms with Gasteiger partial charge < -0.3 is 15.5 Å². The molecule has 2 heterocycles. The topological polar surface area (TPSA) is 120 Å². The van der Waals surface area contributed by atoms with Gasteiger partial charge in [0.25, 0.3) is 0 Å². The molecule has 2 aromatic rings. The van der Waals surface area contributed by atoms with E-state index in [1.807, 2.05) is 18.2 Å². The quantitative estimate of drug-likeness (QED) is 0.536. The molecule has 1 aromatic carbocycles. The molecule has 1 fully saturated rings. The molecule has 1 aliphatic rings. The predicted molar refractivity (Wildman–Crippen MR) is 103 cm³/mol. The van der Waals surface area contributed by atoms with Crippen LogP contribution in [0.5, 0.6) is 5.75 Å². The number of ether oxygens (including phenoxy) is 1. The first-order chi connectivity index (χ1) is 12.8. The molecule has 1 saturated heterocycles. The lowest BCUT2D eigenvalue weighted by atomic mass is 10.2. The summed E-state index contributed by atoms with van der Waals surface area (Å²) >= 11 is 1.15. The molecule has 27 heavy (non-hydrogen) atoms. The first kappa shape index (κ1) is 19.5. The zero-order valence-corrected chi connectivity index (χ0v) is 16.7. The van der Waals surface area contributed by atoms with Gasteiger partial charge >= 0.3 is 0 Å². The van der Waals surface area contributed by atoms with E-state index in [0.717, 1.165) is 11.8 Å². The number of benzene rings is 1. The summed E-state index contributed by atoms with van der Waals surface area (Å²) in [6, 6.07) is 7.02. The third-order valence-corrected chi connectivity index (χ3v) is 7.16. The number of methoxy groups -OCH3 is 1. The highest BCUT2D eigenvalue weighted by Gasteiger charge is 2.32. The van der Waals surface area contributed by atoms with Gasteiger partial charge in [0.1, 0.15) is 5.75 Å². The van der Waals surface area contributed by atoms with Gasteiger partial charge in [-0.3, -0.25) is 4.79 Å². The smallest absolute Gasteiger partial charge is 0.233 e. The number of carbonyl (C=O) groups is 1. The van der Waals surface area contributed by atoms with E-state index in [4.69, 9.17) is 10.6 Å². The number of hydrogen-bond acceptors (Lipinski definition) is 8. The van der Waals surface area contributed by atoms with Crippen LogP contribution >= 0.6 is 11.8 Å². The van der Waals surface area contributed by atoms with Crippen LogP contribution in [-0.2, 0) is 14.6 Å². The van der Waals surface area contributed by atoms with E-state index in [1.165, 1.54) is 9.58 Å². The maximum Gasteiger partial charge on any atom is 0.233 e. The van der Waals surface area contributed by atoms with Gasteiger partial charge in [-0.15, -0.1) is 10.2 Å². The van der Waals surface area contributed by atoms with Crippen LogP contribution in [0.4, 0.5) is 0 Å². The minimum absolute atomic E-state index is 0.0188. The SMILES string of the molecule is COc1ccccc1-c1nnc(SCC(=O)N(C)C2CCS(=O)(=O)C2)n1N. The van der Waals surface area contributed by atoms with Gasteiger partial charge in [-0.1, -0.05) is 23.9 Å². The molecule has 0 spiro atoms. The van der Waals surface area contributed by atoms with Crippen molar-refractivity contribution in [1.29, 1.82) is 0 Å². The number of nitrogens with zero attached hydrogens (tertiary/aromatic N) is 4. The summed E-state index contributed by atoms with van der Waals surface area (Å²) in [7, 11) is 0.145. The van der Waals surface area contributed by atoms with Crippen molar-refractivity contribution in [2.24, 2.45) is 0 Å². The fourth-order valence-electron chi connectivity index (χ4n) is 2.90. The summed E-state index contributed by atoms with van der Waals surface area (Å²) in [5.41, 5.74) is 0.696. The summed E-state index contributed by atoms with van der Waals surface area (Å²) in [4.78, 5) is 13.9. The van der Waals surface area contributed by atoms with Crippen LogP contribution in [0.15, 0.2) is 29.4 Å². The average Bonchev–Trinajstić information content (AvgIpc) is 3.21. The van der Waals surface area contributed by atoms with Crippen LogP contribution in [0.2, 0.25) is 0 Å². The lowest BCUT2D eigenvalue weighted by Gasteiger charge is -2.23. The maximum absolute atomic E-state index is 12.4. The van der Waals surface area contributed by atoms with E-state index in [9.17, 15) is 13.2 Å². The number of carbonyl (C=O) groups excluding carboxylic acids is 1. The Balaban J connectivity index is 1.67. The van der Waals surface area contributed by atoms with Crippen molar-refractivity contribution in [3.8, 4) is 17.1 Å². The van der Waals surface area contributed by atoms with Crippen molar-refractivity contribution in [2.45, 2.75) is 17.6 Å². The van der Waals surface area contributed by atoms with Crippen molar-refractivity contribution in [2.75, 3.05) is 37.3 Å². The molecule has 9 nitrogen and oxygen atoms in total. The Morgan fingerprint density at radius 2 is 2.15 bits per heavy atom. The van der Waals surface area contributed by atoms with Crippen LogP contribution in [0.25, 0.3) is 11.4 Å². The molecule has 146 valence electrons. The molecule has 1 amide bonds. The van der Waals surface area contributed by atoms with Crippen molar-refractivity contribution in [3.63, 3.8) is 0 Å². The second-order valence-corrected chi connectivity index (χ2v) is 9.40. The van der Waals surface area contributed by atoms with Crippen molar-refractivity contribution >= 4 is 27.5 Å². The number of rotatable bonds is 6. The minimum atomic E-state index is -3.04. The van der Waals surface area contributed by atoms with Crippen LogP contribution in [-0.4, -0.2) is 71.6 Å². The summed E-state index contributed by atoms with van der Waals surface area (Å²) in [6.07, 6.45) is 0.472. The fraction of sp³-hybridized carbons (Fsp3) is 0.438. The van der Waals surface area contributed by atoms with E-state index in [-0.39, 0.29) is 29.2 Å². The Morgan fingerprint density at radius 3 is 2.81 bits per heavy atom. The highest BCUT2D eigenvalue weighted by atomic mass is 32.2. The van der Waals surface area contributed by atoms with E-state index >= 15 is 0 Å². The summed E-state index contributed by atoms with van der Waals surface area (Å²) < 4.78 is 29.8. The lowest BCUT2D eigenvalue weighted by Crippen LogP contribution is -2.38. The second kappa shape index (κ2) is 7.77. The molecule has 1 aliphatic heterocycles. The average molecular weight is 412 g/mol. The van der Waals surface area contributed by atoms with Gasteiger partial charge in [-0.05, 0) is 18.6 Å². The van der Waals surface area contributed by atoms with Gasteiger partial charge in [0.05, 0.1) is 29.9 Å². The van der Waals surface area contributed by atoms with Crippen molar-refractivity contribution in [1.82, 2.24) is 19.8 Å². The predicted octanol–water partition coefficient (Wildman–Crippen LogP) is 0.405. The number of nitrogen functional groups attached to an aromatic ring is 1. The summed E-state index contributed by atoms with van der Waals surface area (Å²) in [5.74, 6) is 7.20. The first-order valence-corrected chi connectivity index (χ1v) is 11.1. The highest BCUT2D eigenvalue weighted by molar-refractivity contribution is 7.99. The zero-order valence-electron chi connectivity index (χ0n) is 15.0. The Kier molecular flexibility index (Phi) is 5.61. The zero-order chi connectivity index (χ0) is 19.6. The molecule has 0 saturated carbocycles. The maximum atomic E-state index is 12.4. The van der Waals surface area contributed by atoms with Crippen molar-refractivity contribution < 1.29 is 17.9 Å². The van der Waals surface area contributed by atoms with Crippen LogP contribution in [0, 0.1) is 0 Å². The lowest BCUT2D eigenvalue weighted by molar-refractivity contribution is -0.128. The van der Waals surface area contributed by atoms with E-state index in [0.29, 0.717) is 28.7 Å². The van der Waals surface area contributed by atoms with Crippen LogP contribution in [0.3, 0.4) is 0 Å². The molecule has 1 aromatic heterocycles. The number of hydrogen-bond donors (Lipinski definition) is 1. The Hall–Kier alpha value is -2.27. The van der Waals surface area contributed by atoms with E-state index in [1.54, 1.807) is 20.2 Å². The monoisotopic (exact) mass is 411 g/mol. The second-order valence-electron chi connectivity index (χ2n) is 6.23. The normalized spacial score (nSPS) is 18.4. The largest absolute Gasteiger partial charge is 0.496 e. The molecule has 3 rings (SSSR count). The number of thioether (sulfide) groups is 1. The molecule has 0 aliphatic carbocycles. The Labute approximate surface area is 161 Å². The van der Waals surface area contributed by atoms with Gasteiger partial charge in [-0.25, -0.2) is 13.1 Å². The number of para-hydroxylation sites is 1. The third kappa shape index (κ3) is 4.19. The first-order valence-electron chi connectivity index (χ1n) is 8.25. The van der Waals surface area contributed by atoms with Gasteiger partial charge in [-0.2, -0.15) is 0 Å². The number of sulfone groups is 1. The molecular weight excluding hydrogens is 390 g/mol. The Bertz CT molecular complexity index is 944. The number of nitrogens with two attached hydrogens (primary N) is 1. The van der Waals surface area contributed by atoms with Crippen molar-refractivity contribution in [3.05, 3.63) is 24.3 Å². The van der Waals surface area contributed by atoms with E-state index in [2.05, 4.69) is 10.2 Å². The molecular formula is C16H21N5O4S2. The highest BCUT2D eigenvalue weighted by Crippen LogP contribution is 2.29. The third-order valence-electron chi connectivity index (χ3n) is 4.49. The summed E-state index contributed by atoms with van der Waals surface area (Å²) in [5, 5.41) is 8.53. The molecule has 1 atom stereocenters. The molecule has 2 N–H and O–H groups in total. The fourth-order valence-corrected chi connectivity index (χ4v) is 5.46. The standard InChI is InChI=1S/C16H21N5O4S2/c1-20(11-7-8-27(23,24)10-11)14(22)9-26-16-19-18-15(21(16)17)12-5-3-4-6-13(12)25-2/h3-6,11H,7-10,17H2,1-2H3. The number of amides is 1. The van der Waals surface area contributed by atoms with Gasteiger partial charge in [0, 0.05) is 13.1 Å². The van der Waals surface area contributed by atoms with Crippen LogP contribution in [0.1, 0.15) is 6.42 Å². The molecule has 0 bridgehead atoms. The minimum Gasteiger partial charge on any atom is -0.496 e. The Morgan fingerprint density at radius 1 is 1.41 bits per heavy atom. The molecule has 11 heteroatoms. The van der Waals surface area contributed by atoms with Crippen LogP contribution < -0.4 is 10.6 Å². The van der Waals surface area contributed by atoms with E-state index < -0.39 is 9.84 Å². The van der Waals surface area contributed by atoms with Gasteiger partial charge in [0.2, 0.25) is 11.1 Å². The van der Waals surface area contributed by atoms with Gasteiger partial charge in [0.15, 0.2) is 15.7 Å². The molecule has 0 radical (unpaired) electrons. The molecule has 1 unspecified atom stereocenters.